The molecule has 0 radical (unpaired) electrons. The molecule has 0 amide bonds. The minimum absolute atomic E-state index is 0.394. The first-order valence-electron chi connectivity index (χ1n) is 7.34. The Morgan fingerprint density at radius 2 is 2.11 bits per heavy atom. The van der Waals surface area contributed by atoms with Gasteiger partial charge in [-0.15, -0.1) is 0 Å². The highest BCUT2D eigenvalue weighted by molar-refractivity contribution is 5.05. The van der Waals surface area contributed by atoms with E-state index in [9.17, 15) is 5.26 Å². The molecule has 1 heterocycles. The zero-order chi connectivity index (χ0) is 13.8. The summed E-state index contributed by atoms with van der Waals surface area (Å²) < 4.78 is 0. The molecule has 3 heteroatoms. The van der Waals surface area contributed by atoms with Gasteiger partial charge in [-0.2, -0.15) is 5.26 Å². The van der Waals surface area contributed by atoms with Crippen LogP contribution in [-0.4, -0.2) is 35.6 Å². The van der Waals surface area contributed by atoms with Crippen LogP contribution in [-0.2, 0) is 0 Å². The normalized spacial score (nSPS) is 30.4. The summed E-state index contributed by atoms with van der Waals surface area (Å²) in [5, 5.41) is 12.7. The van der Waals surface area contributed by atoms with Crippen molar-refractivity contribution in [3.05, 3.63) is 0 Å². The molecule has 3 nitrogen and oxygen atoms in total. The van der Waals surface area contributed by atoms with Gasteiger partial charge in [-0.25, -0.2) is 0 Å². The van der Waals surface area contributed by atoms with E-state index in [1.807, 2.05) is 6.92 Å². The number of hydrogen-bond donors (Lipinski definition) is 1. The lowest BCUT2D eigenvalue weighted by Gasteiger charge is -2.42. The lowest BCUT2D eigenvalue weighted by molar-refractivity contribution is 0.0715. The number of likely N-dealkylation sites (tertiary alicyclic amines) is 1. The van der Waals surface area contributed by atoms with Crippen molar-refractivity contribution in [2.75, 3.05) is 13.1 Å². The van der Waals surface area contributed by atoms with Crippen LogP contribution >= 0.6 is 0 Å². The number of nitriles is 1. The standard InChI is InChI=1S/C15H29N3/c1-6-17-15(5,11-16)9-14(4)18-10-12(2)7-8-13(18)3/h12-14,17H,6-10H2,1-5H3. The SMILES string of the molecule is CCNC(C)(C#N)CC(C)N1CC(C)CCC1C. The predicted octanol–water partition coefficient (Wildman–Crippen LogP) is 2.78. The minimum Gasteiger partial charge on any atom is -0.300 e. The van der Waals surface area contributed by atoms with Gasteiger partial charge in [-0.05, 0) is 52.5 Å². The number of rotatable bonds is 5. The van der Waals surface area contributed by atoms with Crippen LogP contribution < -0.4 is 5.32 Å². The maximum absolute atomic E-state index is 9.35. The van der Waals surface area contributed by atoms with Crippen LogP contribution in [0.3, 0.4) is 0 Å². The van der Waals surface area contributed by atoms with Crippen molar-refractivity contribution < 1.29 is 0 Å². The second kappa shape index (κ2) is 6.54. The first kappa shape index (κ1) is 15.5. The largest absolute Gasteiger partial charge is 0.300 e. The summed E-state index contributed by atoms with van der Waals surface area (Å²) in [6.45, 7) is 13.0. The third-order valence-corrected chi connectivity index (χ3v) is 4.25. The van der Waals surface area contributed by atoms with E-state index < -0.39 is 5.54 Å². The average Bonchev–Trinajstić information content (AvgIpc) is 2.32. The lowest BCUT2D eigenvalue weighted by Crippen LogP contribution is -2.51. The van der Waals surface area contributed by atoms with Gasteiger partial charge in [0.2, 0.25) is 0 Å². The van der Waals surface area contributed by atoms with Crippen LogP contribution in [0.5, 0.6) is 0 Å². The molecule has 4 unspecified atom stereocenters. The summed E-state index contributed by atoms with van der Waals surface area (Å²) >= 11 is 0. The molecular weight excluding hydrogens is 222 g/mol. The van der Waals surface area contributed by atoms with E-state index in [1.165, 1.54) is 19.4 Å². The van der Waals surface area contributed by atoms with E-state index in [2.05, 4.69) is 44.0 Å². The van der Waals surface area contributed by atoms with Gasteiger partial charge in [0.05, 0.1) is 6.07 Å². The fourth-order valence-electron chi connectivity index (χ4n) is 3.19. The Labute approximate surface area is 113 Å². The summed E-state index contributed by atoms with van der Waals surface area (Å²) in [5.74, 6) is 0.788. The topological polar surface area (TPSA) is 39.1 Å². The summed E-state index contributed by atoms with van der Waals surface area (Å²) in [6.07, 6.45) is 3.53. The second-order valence-electron chi connectivity index (χ2n) is 6.26. The quantitative estimate of drug-likeness (QED) is 0.816. The fraction of sp³-hybridized carbons (Fsp3) is 0.933. The van der Waals surface area contributed by atoms with E-state index in [0.717, 1.165) is 18.9 Å². The van der Waals surface area contributed by atoms with Crippen molar-refractivity contribution in [1.29, 1.82) is 5.26 Å². The number of hydrogen-bond acceptors (Lipinski definition) is 3. The average molecular weight is 251 g/mol. The molecule has 0 aromatic carbocycles. The smallest absolute Gasteiger partial charge is 0.105 e. The summed E-state index contributed by atoms with van der Waals surface area (Å²) in [4.78, 5) is 2.58. The van der Waals surface area contributed by atoms with Crippen molar-refractivity contribution in [2.24, 2.45) is 5.92 Å². The van der Waals surface area contributed by atoms with Gasteiger partial charge in [0.15, 0.2) is 0 Å². The van der Waals surface area contributed by atoms with Crippen LogP contribution in [0.1, 0.15) is 53.9 Å². The van der Waals surface area contributed by atoms with E-state index in [1.54, 1.807) is 0 Å². The monoisotopic (exact) mass is 251 g/mol. The summed E-state index contributed by atoms with van der Waals surface area (Å²) in [5.41, 5.74) is -0.394. The molecule has 1 aliphatic rings. The molecule has 0 bridgehead atoms. The molecule has 1 aliphatic heterocycles. The van der Waals surface area contributed by atoms with Gasteiger partial charge in [0.1, 0.15) is 5.54 Å². The maximum atomic E-state index is 9.35. The Morgan fingerprint density at radius 1 is 1.44 bits per heavy atom. The van der Waals surface area contributed by atoms with E-state index in [4.69, 9.17) is 0 Å². The van der Waals surface area contributed by atoms with E-state index >= 15 is 0 Å². The van der Waals surface area contributed by atoms with Crippen molar-refractivity contribution in [3.63, 3.8) is 0 Å². The van der Waals surface area contributed by atoms with Gasteiger partial charge >= 0.3 is 0 Å². The number of piperidine rings is 1. The third kappa shape index (κ3) is 3.96. The van der Waals surface area contributed by atoms with Gasteiger partial charge < -0.3 is 0 Å². The van der Waals surface area contributed by atoms with Crippen LogP contribution in [0, 0.1) is 17.2 Å². The highest BCUT2D eigenvalue weighted by atomic mass is 15.2. The molecule has 0 spiro atoms. The van der Waals surface area contributed by atoms with Gasteiger partial charge in [0.25, 0.3) is 0 Å². The molecule has 0 saturated carbocycles. The Hall–Kier alpha value is -0.590. The third-order valence-electron chi connectivity index (χ3n) is 4.25. The summed E-state index contributed by atoms with van der Waals surface area (Å²) in [6, 6.07) is 3.56. The molecule has 0 aromatic heterocycles. The molecular formula is C15H29N3. The van der Waals surface area contributed by atoms with Gasteiger partial charge in [0, 0.05) is 18.6 Å². The van der Waals surface area contributed by atoms with Crippen LogP contribution in [0.15, 0.2) is 0 Å². The van der Waals surface area contributed by atoms with Crippen molar-refractivity contribution in [1.82, 2.24) is 10.2 Å². The first-order valence-corrected chi connectivity index (χ1v) is 7.34. The molecule has 1 fully saturated rings. The molecule has 1 saturated heterocycles. The zero-order valence-electron chi connectivity index (χ0n) is 12.7. The van der Waals surface area contributed by atoms with Crippen molar-refractivity contribution in [2.45, 2.75) is 71.5 Å². The molecule has 4 atom stereocenters. The molecule has 104 valence electrons. The minimum atomic E-state index is -0.394. The van der Waals surface area contributed by atoms with Crippen LogP contribution in [0.4, 0.5) is 0 Å². The summed E-state index contributed by atoms with van der Waals surface area (Å²) in [7, 11) is 0. The Balaban J connectivity index is 2.63. The van der Waals surface area contributed by atoms with Gasteiger partial charge in [-0.1, -0.05) is 13.8 Å². The first-order chi connectivity index (χ1) is 8.41. The maximum Gasteiger partial charge on any atom is 0.105 e. The number of nitrogens with one attached hydrogen (secondary N) is 1. The lowest BCUT2D eigenvalue weighted by atomic mass is 9.89. The highest BCUT2D eigenvalue weighted by Gasteiger charge is 2.32. The zero-order valence-corrected chi connectivity index (χ0v) is 12.7. The molecule has 1 rings (SSSR count). The Bertz CT molecular complexity index is 297. The van der Waals surface area contributed by atoms with Crippen LogP contribution in [0.2, 0.25) is 0 Å². The number of nitrogens with zero attached hydrogens (tertiary/aromatic N) is 2. The van der Waals surface area contributed by atoms with Crippen molar-refractivity contribution >= 4 is 0 Å². The molecule has 0 aromatic rings. The molecule has 1 N–H and O–H groups in total. The Morgan fingerprint density at radius 3 is 2.67 bits per heavy atom. The molecule has 18 heavy (non-hydrogen) atoms. The van der Waals surface area contributed by atoms with Crippen LogP contribution in [0.25, 0.3) is 0 Å². The predicted molar refractivity (Wildman–Crippen MR) is 76.3 cm³/mol. The van der Waals surface area contributed by atoms with E-state index in [-0.39, 0.29) is 0 Å². The highest BCUT2D eigenvalue weighted by Crippen LogP contribution is 2.26. The van der Waals surface area contributed by atoms with E-state index in [0.29, 0.717) is 12.1 Å². The second-order valence-corrected chi connectivity index (χ2v) is 6.26. The Kier molecular flexibility index (Phi) is 5.62. The fourth-order valence-corrected chi connectivity index (χ4v) is 3.19. The van der Waals surface area contributed by atoms with Gasteiger partial charge in [-0.3, -0.25) is 10.2 Å². The van der Waals surface area contributed by atoms with Crippen molar-refractivity contribution in [3.8, 4) is 6.07 Å². The molecule has 0 aliphatic carbocycles.